The number of fused-ring (bicyclic) bond motifs is 3. The van der Waals surface area contributed by atoms with E-state index in [1.54, 1.807) is 6.07 Å². The van der Waals surface area contributed by atoms with Crippen LogP contribution in [-0.2, 0) is 11.2 Å². The number of pyridine rings is 1. The van der Waals surface area contributed by atoms with Gasteiger partial charge in [0, 0.05) is 50.3 Å². The molecule has 2 N–H and O–H groups in total. The fourth-order valence-electron chi connectivity index (χ4n) is 8.72. The molecule has 4 aliphatic heterocycles. The molecule has 4 aromatic rings. The zero-order valence-electron chi connectivity index (χ0n) is 26.9. The van der Waals surface area contributed by atoms with Crippen molar-refractivity contribution in [1.82, 2.24) is 25.2 Å². The molecule has 2 aromatic heterocycles. The third-order valence-corrected chi connectivity index (χ3v) is 11.0. The van der Waals surface area contributed by atoms with Crippen LogP contribution in [0.2, 0.25) is 0 Å². The van der Waals surface area contributed by atoms with Crippen molar-refractivity contribution in [3.05, 3.63) is 47.7 Å². The molecule has 2 aromatic carbocycles. The number of aromatic nitrogens is 3. The Labute approximate surface area is 276 Å². The maximum Gasteiger partial charge on any atom is 0.319 e. The number of rotatable bonds is 7. The topological polar surface area (TPSA) is 104 Å². The molecule has 1 amide bonds. The summed E-state index contributed by atoms with van der Waals surface area (Å²) in [5.74, 6) is -0.503. The van der Waals surface area contributed by atoms with E-state index in [-0.39, 0.29) is 53.0 Å². The number of aromatic hydroxyl groups is 1. The molecule has 2 unspecified atom stereocenters. The molecule has 4 saturated heterocycles. The molecule has 4 aliphatic rings. The molecule has 252 valence electrons. The molecular weight excluding hydrogens is 621 g/mol. The lowest BCUT2D eigenvalue weighted by Crippen LogP contribution is -2.45. The Morgan fingerprint density at radius 1 is 1.12 bits per heavy atom. The number of ether oxygens (including phenoxy) is 1. The summed E-state index contributed by atoms with van der Waals surface area (Å²) >= 11 is 0. The van der Waals surface area contributed by atoms with Crippen LogP contribution in [0.3, 0.4) is 0 Å². The quantitative estimate of drug-likeness (QED) is 0.255. The van der Waals surface area contributed by atoms with E-state index < -0.39 is 23.3 Å². The summed E-state index contributed by atoms with van der Waals surface area (Å²) in [6, 6.07) is 5.91. The van der Waals surface area contributed by atoms with Gasteiger partial charge in [-0.25, -0.2) is 13.2 Å². The van der Waals surface area contributed by atoms with E-state index >= 15 is 8.78 Å². The number of piperidine rings is 1. The predicted octanol–water partition coefficient (Wildman–Crippen LogP) is 5.84. The van der Waals surface area contributed by atoms with Crippen LogP contribution >= 0.6 is 0 Å². The van der Waals surface area contributed by atoms with Gasteiger partial charge in [0.15, 0.2) is 5.82 Å². The van der Waals surface area contributed by atoms with Gasteiger partial charge in [0.2, 0.25) is 5.91 Å². The Morgan fingerprint density at radius 3 is 2.81 bits per heavy atom. The number of nitrogens with zero attached hydrogens (tertiary/aromatic N) is 5. The molecule has 0 aliphatic carbocycles. The second-order valence-corrected chi connectivity index (χ2v) is 13.9. The van der Waals surface area contributed by atoms with Gasteiger partial charge in [-0.15, -0.1) is 0 Å². The fraction of sp³-hybridized carbons (Fsp3) is 0.500. The first-order chi connectivity index (χ1) is 23.2. The van der Waals surface area contributed by atoms with Crippen molar-refractivity contribution in [2.24, 2.45) is 5.92 Å². The first-order valence-corrected chi connectivity index (χ1v) is 17.1. The smallest absolute Gasteiger partial charge is 0.319 e. The van der Waals surface area contributed by atoms with Gasteiger partial charge in [0.25, 0.3) is 0 Å². The molecule has 0 radical (unpaired) electrons. The monoisotopic (exact) mass is 660 g/mol. The number of nitrogens with one attached hydrogen (secondary N) is 1. The first kappa shape index (κ1) is 31.1. The first-order valence-electron chi connectivity index (χ1n) is 17.1. The Kier molecular flexibility index (Phi) is 7.81. The molecule has 0 saturated carbocycles. The summed E-state index contributed by atoms with van der Waals surface area (Å²) in [6.45, 7) is 4.47. The molecule has 0 bridgehead atoms. The van der Waals surface area contributed by atoms with Crippen molar-refractivity contribution in [3.63, 3.8) is 0 Å². The van der Waals surface area contributed by atoms with Gasteiger partial charge in [-0.3, -0.25) is 14.7 Å². The van der Waals surface area contributed by atoms with Gasteiger partial charge < -0.3 is 20.1 Å². The predicted molar refractivity (Wildman–Crippen MR) is 176 cm³/mol. The SMILES string of the molecule is CCc1c(F)ccc2cc(O)cc(-c3ncc4c(N5CCCC(C6CCC(=O)N6)C5)nc(OC[C@@]56CCCN5C[C@H](F)C6)nc4c3F)c12. The van der Waals surface area contributed by atoms with E-state index in [9.17, 15) is 14.3 Å². The molecule has 0 spiro atoms. The van der Waals surface area contributed by atoms with Crippen molar-refractivity contribution in [3.8, 4) is 23.0 Å². The van der Waals surface area contributed by atoms with Crippen LogP contribution in [0.25, 0.3) is 32.9 Å². The minimum atomic E-state index is -0.926. The Morgan fingerprint density at radius 2 is 2.00 bits per heavy atom. The molecule has 8 rings (SSSR count). The highest BCUT2D eigenvalue weighted by atomic mass is 19.1. The highest BCUT2D eigenvalue weighted by Gasteiger charge is 2.49. The standard InChI is InChI=1S/C36H39F3N6O3/c1-2-24-27(38)7-6-20-13-23(46)14-25(30(20)24)32-31(39)33-26(16-40-32)34(44-11-3-5-21(17-44)28-8-9-29(47)41-28)43-35(42-33)48-19-36-10-4-12-45(36)18-22(37)15-36/h6-7,13-14,16,21-22,28,46H,2-5,8-12,15,17-19H2,1H3,(H,41,47)/t21?,22-,28?,36+/m1/s1. The zero-order valence-corrected chi connectivity index (χ0v) is 26.9. The van der Waals surface area contributed by atoms with Gasteiger partial charge in [-0.05, 0) is 85.5 Å². The molecule has 48 heavy (non-hydrogen) atoms. The van der Waals surface area contributed by atoms with Crippen LogP contribution in [0, 0.1) is 17.6 Å². The Balaban J connectivity index is 1.24. The van der Waals surface area contributed by atoms with Crippen LogP contribution in [0.5, 0.6) is 11.8 Å². The number of hydrogen-bond donors (Lipinski definition) is 2. The average molecular weight is 661 g/mol. The lowest BCUT2D eigenvalue weighted by molar-refractivity contribution is -0.119. The van der Waals surface area contributed by atoms with E-state index in [0.717, 1.165) is 38.6 Å². The van der Waals surface area contributed by atoms with E-state index in [1.165, 1.54) is 24.4 Å². The van der Waals surface area contributed by atoms with Gasteiger partial charge >= 0.3 is 6.01 Å². The second kappa shape index (κ2) is 12.0. The summed E-state index contributed by atoms with van der Waals surface area (Å²) in [6.07, 6.45) is 6.21. The highest BCUT2D eigenvalue weighted by Crippen LogP contribution is 2.42. The molecule has 6 heterocycles. The second-order valence-electron chi connectivity index (χ2n) is 13.9. The third-order valence-electron chi connectivity index (χ3n) is 11.0. The number of benzene rings is 2. The third kappa shape index (κ3) is 5.28. The summed E-state index contributed by atoms with van der Waals surface area (Å²) in [4.78, 5) is 30.3. The van der Waals surface area contributed by atoms with E-state index in [0.29, 0.717) is 66.4 Å². The maximum atomic E-state index is 16.9. The zero-order chi connectivity index (χ0) is 33.2. The average Bonchev–Trinajstić information content (AvgIpc) is 3.77. The van der Waals surface area contributed by atoms with E-state index in [2.05, 4.69) is 25.1 Å². The van der Waals surface area contributed by atoms with Crippen LogP contribution < -0.4 is 15.0 Å². The van der Waals surface area contributed by atoms with Crippen LogP contribution in [0.15, 0.2) is 30.5 Å². The number of carbonyl (C=O) groups is 1. The number of halogens is 3. The molecule has 9 nitrogen and oxygen atoms in total. The lowest BCUT2D eigenvalue weighted by atomic mass is 9.89. The summed E-state index contributed by atoms with van der Waals surface area (Å²) < 4.78 is 52.8. The van der Waals surface area contributed by atoms with Crippen molar-refractivity contribution in [1.29, 1.82) is 0 Å². The van der Waals surface area contributed by atoms with Crippen molar-refractivity contribution in [2.45, 2.75) is 76.0 Å². The fourth-order valence-corrected chi connectivity index (χ4v) is 8.72. The molecular formula is C36H39F3N6O3. The number of anilines is 1. The highest BCUT2D eigenvalue weighted by molar-refractivity contribution is 6.01. The van der Waals surface area contributed by atoms with Gasteiger partial charge in [-0.2, -0.15) is 9.97 Å². The van der Waals surface area contributed by atoms with Crippen LogP contribution in [-0.4, -0.2) is 81.4 Å². The number of phenols is 1. The normalized spacial score (nSPS) is 26.0. The van der Waals surface area contributed by atoms with Crippen molar-refractivity contribution >= 4 is 33.4 Å². The number of aryl methyl sites for hydroxylation is 1. The van der Waals surface area contributed by atoms with Gasteiger partial charge in [-0.1, -0.05) is 13.0 Å². The molecule has 4 fully saturated rings. The summed E-state index contributed by atoms with van der Waals surface area (Å²) in [5.41, 5.74) is 0.146. The lowest BCUT2D eigenvalue weighted by Gasteiger charge is -2.37. The van der Waals surface area contributed by atoms with E-state index in [1.807, 2.05) is 6.92 Å². The number of alkyl halides is 1. The Hall–Kier alpha value is -4.19. The number of carbonyl (C=O) groups excluding carboxylic acids is 1. The van der Waals surface area contributed by atoms with Crippen LogP contribution in [0.4, 0.5) is 19.0 Å². The van der Waals surface area contributed by atoms with Crippen LogP contribution in [0.1, 0.15) is 57.4 Å². The molecule has 12 heteroatoms. The minimum Gasteiger partial charge on any atom is -0.508 e. The van der Waals surface area contributed by atoms with E-state index in [4.69, 9.17) is 9.72 Å². The minimum absolute atomic E-state index is 0.00203. The maximum absolute atomic E-state index is 16.9. The summed E-state index contributed by atoms with van der Waals surface area (Å²) in [7, 11) is 0. The van der Waals surface area contributed by atoms with Crippen molar-refractivity contribution in [2.75, 3.05) is 37.7 Å². The number of amides is 1. The number of hydrogen-bond acceptors (Lipinski definition) is 8. The van der Waals surface area contributed by atoms with Gasteiger partial charge in [0.1, 0.15) is 41.4 Å². The van der Waals surface area contributed by atoms with Crippen molar-refractivity contribution < 1.29 is 27.8 Å². The largest absolute Gasteiger partial charge is 0.508 e. The number of phenolic OH excluding ortho intramolecular Hbond substituents is 1. The summed E-state index contributed by atoms with van der Waals surface area (Å²) in [5, 5.41) is 15.2. The Bertz CT molecular complexity index is 1930. The molecule has 4 atom stereocenters. The van der Waals surface area contributed by atoms with Gasteiger partial charge in [0.05, 0.1) is 10.9 Å².